The number of sulfone groups is 1. The number of hydrogen-bond donors (Lipinski definition) is 1. The Hall–Kier alpha value is -2.49. The highest BCUT2D eigenvalue weighted by Crippen LogP contribution is 2.24. The number of aryl methyl sites for hydroxylation is 1. The van der Waals surface area contributed by atoms with Crippen LogP contribution >= 0.6 is 0 Å². The van der Waals surface area contributed by atoms with Crippen LogP contribution in [-0.2, 0) is 26.3 Å². The maximum Gasteiger partial charge on any atom is 0.244 e. The normalized spacial score (nSPS) is 12.4. The Morgan fingerprint density at radius 2 is 1.52 bits per heavy atom. The van der Waals surface area contributed by atoms with Gasteiger partial charge in [0.1, 0.15) is 4.90 Å². The van der Waals surface area contributed by atoms with Crippen molar-refractivity contribution < 1.29 is 16.8 Å². The molecule has 0 saturated carbocycles. The number of hydrogen-bond acceptors (Lipinski definition) is 5. The van der Waals surface area contributed by atoms with Gasteiger partial charge >= 0.3 is 0 Å². The molecule has 7 nitrogen and oxygen atoms in total. The predicted molar refractivity (Wildman–Crippen MR) is 121 cm³/mol. The van der Waals surface area contributed by atoms with Crippen molar-refractivity contribution in [1.82, 2.24) is 14.5 Å². The van der Waals surface area contributed by atoms with E-state index >= 15 is 0 Å². The molecule has 166 valence electrons. The Morgan fingerprint density at radius 1 is 0.871 bits per heavy atom. The van der Waals surface area contributed by atoms with Crippen LogP contribution in [0, 0.1) is 0 Å². The van der Waals surface area contributed by atoms with Crippen LogP contribution < -0.4 is 0 Å². The smallest absolute Gasteiger partial charge is 0.244 e. The summed E-state index contributed by atoms with van der Waals surface area (Å²) in [5, 5.41) is 7.40. The van der Waals surface area contributed by atoms with Crippen LogP contribution in [0.3, 0.4) is 0 Å². The minimum absolute atomic E-state index is 0.171. The number of rotatable bonds is 10. The average molecular weight is 462 g/mol. The molecule has 0 bridgehead atoms. The van der Waals surface area contributed by atoms with Crippen molar-refractivity contribution in [2.45, 2.75) is 35.5 Å². The lowest BCUT2D eigenvalue weighted by atomic mass is 10.1. The minimum Gasteiger partial charge on any atom is -0.282 e. The monoisotopic (exact) mass is 461 g/mol. The fourth-order valence-corrected chi connectivity index (χ4v) is 6.14. The van der Waals surface area contributed by atoms with E-state index in [0.717, 1.165) is 42.5 Å². The van der Waals surface area contributed by atoms with Crippen LogP contribution in [0.15, 0.2) is 70.5 Å². The van der Waals surface area contributed by atoms with E-state index in [1.807, 2.05) is 36.4 Å². The summed E-state index contributed by atoms with van der Waals surface area (Å²) in [6, 6.07) is 17.7. The summed E-state index contributed by atoms with van der Waals surface area (Å²) in [5.41, 5.74) is 3.01. The number of aromatic nitrogens is 2. The third kappa shape index (κ3) is 5.81. The van der Waals surface area contributed by atoms with Crippen molar-refractivity contribution in [3.05, 3.63) is 66.4 Å². The van der Waals surface area contributed by atoms with Crippen LogP contribution in [-0.4, -0.2) is 51.2 Å². The molecule has 0 saturated heterocycles. The van der Waals surface area contributed by atoms with Gasteiger partial charge in [-0.05, 0) is 37.5 Å². The summed E-state index contributed by atoms with van der Waals surface area (Å²) >= 11 is 0. The Morgan fingerprint density at radius 3 is 2.19 bits per heavy atom. The lowest BCUT2D eigenvalue weighted by Crippen LogP contribution is -2.29. The second-order valence-electron chi connectivity index (χ2n) is 7.50. The second-order valence-corrected chi connectivity index (χ2v) is 11.5. The number of unbranched alkanes of at least 4 members (excludes halogenated alkanes) is 2. The zero-order valence-corrected chi connectivity index (χ0v) is 19.3. The largest absolute Gasteiger partial charge is 0.282 e. The Bertz CT molecular complexity index is 1220. The third-order valence-electron chi connectivity index (χ3n) is 5.06. The van der Waals surface area contributed by atoms with Crippen molar-refractivity contribution >= 4 is 19.9 Å². The van der Waals surface area contributed by atoms with Gasteiger partial charge in [0.2, 0.25) is 10.0 Å². The zero-order chi connectivity index (χ0) is 22.5. The Labute approximate surface area is 184 Å². The summed E-state index contributed by atoms with van der Waals surface area (Å²) < 4.78 is 50.9. The first-order valence-electron chi connectivity index (χ1n) is 10.0. The van der Waals surface area contributed by atoms with E-state index in [0.29, 0.717) is 13.0 Å². The summed E-state index contributed by atoms with van der Waals surface area (Å²) in [4.78, 5) is -0.346. The summed E-state index contributed by atoms with van der Waals surface area (Å²) in [7, 11) is -6.04. The van der Waals surface area contributed by atoms with Gasteiger partial charge < -0.3 is 0 Å². The second kappa shape index (κ2) is 9.76. The van der Waals surface area contributed by atoms with Crippen LogP contribution in [0.2, 0.25) is 0 Å². The standard InChI is InChI=1S/C22H27N3O4S2/c1-25(31(28,29)22-15-9-8-14-21(22)30(2,26)27)16-10-4-7-13-19-17-20(24-23-19)18-11-5-3-6-12-18/h3,5-6,8-9,11-12,14-15,17H,4,7,10,13,16H2,1-2H3,(H,23,24). The highest BCUT2D eigenvalue weighted by Gasteiger charge is 2.27. The molecule has 31 heavy (non-hydrogen) atoms. The maximum atomic E-state index is 12.9. The topological polar surface area (TPSA) is 100 Å². The lowest BCUT2D eigenvalue weighted by molar-refractivity contribution is 0.450. The molecule has 1 N–H and O–H groups in total. The molecule has 0 radical (unpaired) electrons. The van der Waals surface area contributed by atoms with Crippen LogP contribution in [0.5, 0.6) is 0 Å². The Balaban J connectivity index is 1.52. The fraction of sp³-hybridized carbons (Fsp3) is 0.318. The van der Waals surface area contributed by atoms with Gasteiger partial charge in [0.05, 0.1) is 10.6 Å². The molecule has 0 spiro atoms. The highest BCUT2D eigenvalue weighted by molar-refractivity contribution is 7.93. The van der Waals surface area contributed by atoms with Gasteiger partial charge in [-0.2, -0.15) is 5.10 Å². The third-order valence-corrected chi connectivity index (χ3v) is 8.26. The van der Waals surface area contributed by atoms with E-state index in [9.17, 15) is 16.8 Å². The highest BCUT2D eigenvalue weighted by atomic mass is 32.2. The van der Waals surface area contributed by atoms with Gasteiger partial charge in [-0.15, -0.1) is 0 Å². The lowest BCUT2D eigenvalue weighted by Gasteiger charge is -2.18. The number of sulfonamides is 1. The summed E-state index contributed by atoms with van der Waals surface area (Å²) in [6.07, 6.45) is 4.25. The van der Waals surface area contributed by atoms with Crippen molar-refractivity contribution in [1.29, 1.82) is 0 Å². The van der Waals surface area contributed by atoms with Gasteiger partial charge in [0.15, 0.2) is 9.84 Å². The number of benzene rings is 2. The van der Waals surface area contributed by atoms with Crippen LogP contribution in [0.1, 0.15) is 25.0 Å². The molecule has 2 aromatic carbocycles. The first-order valence-corrected chi connectivity index (χ1v) is 13.4. The Kier molecular flexibility index (Phi) is 7.30. The van der Waals surface area contributed by atoms with Gasteiger partial charge in [0.25, 0.3) is 0 Å². The molecule has 3 aromatic rings. The average Bonchev–Trinajstić information content (AvgIpc) is 3.22. The number of nitrogens with zero attached hydrogens (tertiary/aromatic N) is 2. The van der Waals surface area contributed by atoms with E-state index in [1.165, 1.54) is 35.6 Å². The molecule has 9 heteroatoms. The van der Waals surface area contributed by atoms with E-state index < -0.39 is 19.9 Å². The van der Waals surface area contributed by atoms with Crippen molar-refractivity contribution in [2.75, 3.05) is 19.8 Å². The molecule has 0 aliphatic heterocycles. The van der Waals surface area contributed by atoms with E-state index in [2.05, 4.69) is 10.2 Å². The van der Waals surface area contributed by atoms with Gasteiger partial charge in [-0.1, -0.05) is 48.9 Å². The molecule has 0 amide bonds. The fourth-order valence-electron chi connectivity index (χ4n) is 3.33. The first kappa shape index (κ1) is 23.2. The zero-order valence-electron chi connectivity index (χ0n) is 17.7. The summed E-state index contributed by atoms with van der Waals surface area (Å²) in [6.45, 7) is 0.318. The molecule has 0 fully saturated rings. The van der Waals surface area contributed by atoms with Gasteiger partial charge in [-0.25, -0.2) is 21.1 Å². The molecular formula is C22H27N3O4S2. The molecular weight excluding hydrogens is 434 g/mol. The van der Waals surface area contributed by atoms with E-state index in [-0.39, 0.29) is 9.79 Å². The molecule has 1 aromatic heterocycles. The van der Waals surface area contributed by atoms with Crippen molar-refractivity contribution in [3.8, 4) is 11.3 Å². The molecule has 0 atom stereocenters. The SMILES string of the molecule is CN(CCCCCc1cc(-c2ccccc2)n[nH]1)S(=O)(=O)c1ccccc1S(C)(=O)=O. The minimum atomic E-state index is -3.88. The van der Waals surface area contributed by atoms with E-state index in [1.54, 1.807) is 0 Å². The van der Waals surface area contributed by atoms with E-state index in [4.69, 9.17) is 0 Å². The predicted octanol–water partition coefficient (Wildman–Crippen LogP) is 3.51. The first-order chi connectivity index (χ1) is 14.7. The van der Waals surface area contributed by atoms with Crippen LogP contribution in [0.4, 0.5) is 0 Å². The number of nitrogens with one attached hydrogen (secondary N) is 1. The molecule has 0 unspecified atom stereocenters. The van der Waals surface area contributed by atoms with Crippen LogP contribution in [0.25, 0.3) is 11.3 Å². The summed E-state index contributed by atoms with van der Waals surface area (Å²) in [5.74, 6) is 0. The quantitative estimate of drug-likeness (QED) is 0.466. The number of aromatic amines is 1. The molecule has 0 aliphatic rings. The molecule has 0 aliphatic carbocycles. The molecule has 1 heterocycles. The van der Waals surface area contributed by atoms with Gasteiger partial charge in [0, 0.05) is 31.1 Å². The van der Waals surface area contributed by atoms with Crippen molar-refractivity contribution in [3.63, 3.8) is 0 Å². The number of H-pyrrole nitrogens is 1. The van der Waals surface area contributed by atoms with Crippen molar-refractivity contribution in [2.24, 2.45) is 0 Å². The maximum absolute atomic E-state index is 12.9. The molecule has 3 rings (SSSR count). The van der Waals surface area contributed by atoms with Gasteiger partial charge in [-0.3, -0.25) is 5.10 Å².